The Bertz CT molecular complexity index is 1210. The molecule has 0 bridgehead atoms. The number of imidazole rings is 1. The fraction of sp³-hybridized carbons (Fsp3) is 0.567. The minimum Gasteiger partial charge on any atom is -0.331 e. The van der Waals surface area contributed by atoms with Crippen LogP contribution in [0.3, 0.4) is 0 Å². The fourth-order valence-electron chi connectivity index (χ4n) is 6.92. The van der Waals surface area contributed by atoms with Crippen LogP contribution in [0, 0.1) is 13.8 Å². The van der Waals surface area contributed by atoms with Crippen LogP contribution in [0.25, 0.3) is 11.0 Å². The quantitative estimate of drug-likeness (QED) is 0.390. The number of hydrogen-bond acceptors (Lipinski definition) is 3. The highest BCUT2D eigenvalue weighted by Gasteiger charge is 2.63. The molecule has 1 fully saturated rings. The highest BCUT2D eigenvalue weighted by Crippen LogP contribution is 2.48. The van der Waals surface area contributed by atoms with Crippen LogP contribution in [0.15, 0.2) is 42.5 Å². The molecule has 1 aromatic heterocycles. The minimum absolute atomic E-state index is 0.00318. The van der Waals surface area contributed by atoms with Crippen LogP contribution in [-0.2, 0) is 0 Å². The first-order chi connectivity index (χ1) is 16.7. The third-order valence-corrected chi connectivity index (χ3v) is 11.9. The van der Waals surface area contributed by atoms with E-state index in [1.165, 1.54) is 27.3 Å². The predicted octanol–water partition coefficient (Wildman–Crippen LogP) is 5.67. The third-order valence-electron chi connectivity index (χ3n) is 8.65. The van der Waals surface area contributed by atoms with Gasteiger partial charge in [-0.3, -0.25) is 0 Å². The Balaban J connectivity index is 2.04. The van der Waals surface area contributed by atoms with Crippen molar-refractivity contribution >= 4 is 36.7 Å². The predicted molar refractivity (Wildman–Crippen MR) is 160 cm³/mol. The van der Waals surface area contributed by atoms with E-state index in [0.29, 0.717) is 31.0 Å². The number of rotatable bonds is 7. The first-order valence-corrected chi connectivity index (χ1v) is 16.8. The van der Waals surface area contributed by atoms with Crippen molar-refractivity contribution in [2.75, 3.05) is 0 Å². The van der Waals surface area contributed by atoms with Crippen molar-refractivity contribution in [1.29, 1.82) is 0 Å². The second-order valence-electron chi connectivity index (χ2n) is 12.9. The summed E-state index contributed by atoms with van der Waals surface area (Å²) >= 11 is 0. The van der Waals surface area contributed by atoms with Gasteiger partial charge < -0.3 is 14.2 Å². The molecule has 0 spiro atoms. The van der Waals surface area contributed by atoms with E-state index < -0.39 is 8.07 Å². The number of nitrogens with zero attached hydrogens (tertiary/aromatic N) is 4. The summed E-state index contributed by atoms with van der Waals surface area (Å²) in [5.41, 5.74) is 6.40. The summed E-state index contributed by atoms with van der Waals surface area (Å²) in [6.45, 7) is 28.7. The molecule has 4 nitrogen and oxygen atoms in total. The van der Waals surface area contributed by atoms with Gasteiger partial charge in [0.1, 0.15) is 0 Å². The number of hydrogen-bond donors (Lipinski definition) is 0. The Labute approximate surface area is 221 Å². The third kappa shape index (κ3) is 4.19. The minimum atomic E-state index is -2.08. The molecular formula is C30H47BN4Si. The SMILES string of the molecule is Cc1cc2nc([Si](C)(C)c3ccccc3)n(C3B(N(C(C)C)C(C)C)N(C(C)C)C3(C)C)c2cc1C. The molecule has 0 N–H and O–H groups in total. The molecule has 0 radical (unpaired) electrons. The van der Waals surface area contributed by atoms with Gasteiger partial charge in [-0.05, 0) is 69.1 Å². The van der Waals surface area contributed by atoms with Crippen molar-refractivity contribution in [3.05, 3.63) is 53.6 Å². The summed E-state index contributed by atoms with van der Waals surface area (Å²) in [5, 5.41) is 1.44. The maximum absolute atomic E-state index is 5.47. The summed E-state index contributed by atoms with van der Waals surface area (Å²) in [6, 6.07) is 17.2. The summed E-state index contributed by atoms with van der Waals surface area (Å²) in [5.74, 6) is 0.308. The summed E-state index contributed by atoms with van der Waals surface area (Å²) < 4.78 is 2.70. The monoisotopic (exact) mass is 502 g/mol. The second kappa shape index (κ2) is 9.45. The molecule has 1 atom stereocenters. The van der Waals surface area contributed by atoms with E-state index in [0.717, 1.165) is 5.52 Å². The zero-order chi connectivity index (χ0) is 26.7. The van der Waals surface area contributed by atoms with Gasteiger partial charge in [0.2, 0.25) is 0 Å². The van der Waals surface area contributed by atoms with Crippen molar-refractivity contribution in [2.45, 2.75) is 112 Å². The lowest BCUT2D eigenvalue weighted by Crippen LogP contribution is -2.82. The van der Waals surface area contributed by atoms with Crippen LogP contribution in [0.5, 0.6) is 0 Å². The van der Waals surface area contributed by atoms with Gasteiger partial charge >= 0.3 is 6.98 Å². The molecule has 3 aromatic rings. The van der Waals surface area contributed by atoms with Gasteiger partial charge in [-0.25, -0.2) is 4.98 Å². The Morgan fingerprint density at radius 2 is 1.47 bits per heavy atom. The number of aryl methyl sites for hydroxylation is 2. The van der Waals surface area contributed by atoms with E-state index in [1.807, 2.05) is 0 Å². The molecule has 0 amide bonds. The van der Waals surface area contributed by atoms with Crippen LogP contribution in [0.1, 0.15) is 72.5 Å². The molecule has 194 valence electrons. The van der Waals surface area contributed by atoms with Crippen LogP contribution < -0.4 is 10.6 Å². The van der Waals surface area contributed by atoms with E-state index in [1.54, 1.807) is 0 Å². The molecule has 36 heavy (non-hydrogen) atoms. The molecule has 1 aliphatic rings. The molecule has 2 heterocycles. The smallest absolute Gasteiger partial charge is 0.331 e. The average molecular weight is 503 g/mol. The van der Waals surface area contributed by atoms with Crippen molar-refractivity contribution in [3.8, 4) is 0 Å². The number of aromatic nitrogens is 2. The topological polar surface area (TPSA) is 24.3 Å². The van der Waals surface area contributed by atoms with Crippen molar-refractivity contribution in [2.24, 2.45) is 0 Å². The lowest BCUT2D eigenvalue weighted by atomic mass is 9.43. The van der Waals surface area contributed by atoms with E-state index >= 15 is 0 Å². The normalized spacial score (nSPS) is 18.8. The molecule has 1 saturated heterocycles. The Hall–Kier alpha value is -1.89. The summed E-state index contributed by atoms with van der Waals surface area (Å²) in [6.07, 6.45) is 0. The van der Waals surface area contributed by atoms with E-state index in [2.05, 4.69) is 139 Å². The molecular weight excluding hydrogens is 455 g/mol. The standard InChI is InChI=1S/C30H47BN4Si/c1-20(2)34(21(3)4)31-28(30(9,10)35(31)22(5)6)33-27-19-24(8)23(7)18-26(27)32-29(33)36(11,12)25-16-14-13-15-17-25/h13-22,28H,1-12H3. The van der Waals surface area contributed by atoms with Gasteiger partial charge in [-0.15, -0.1) is 0 Å². The lowest BCUT2D eigenvalue weighted by molar-refractivity contribution is 0.0507. The maximum atomic E-state index is 5.47. The van der Waals surface area contributed by atoms with Gasteiger partial charge in [0.25, 0.3) is 0 Å². The molecule has 2 aromatic carbocycles. The molecule has 1 aliphatic heterocycles. The molecule has 4 rings (SSSR count). The number of benzene rings is 2. The Morgan fingerprint density at radius 3 is 2.00 bits per heavy atom. The number of fused-ring (bicyclic) bond motifs is 1. The molecule has 0 saturated carbocycles. The zero-order valence-electron chi connectivity index (χ0n) is 24.7. The van der Waals surface area contributed by atoms with Crippen LogP contribution >= 0.6 is 0 Å². The van der Waals surface area contributed by atoms with Crippen LogP contribution in [0.4, 0.5) is 0 Å². The Morgan fingerprint density at radius 1 is 0.917 bits per heavy atom. The van der Waals surface area contributed by atoms with Gasteiger partial charge in [-0.1, -0.05) is 90.2 Å². The second-order valence-corrected chi connectivity index (χ2v) is 17.1. The largest absolute Gasteiger partial charge is 0.338 e. The molecule has 0 aliphatic carbocycles. The molecule has 6 heteroatoms. The van der Waals surface area contributed by atoms with Gasteiger partial charge in [0.15, 0.2) is 8.07 Å². The molecule has 1 unspecified atom stereocenters. The summed E-state index contributed by atoms with van der Waals surface area (Å²) in [4.78, 5) is 10.9. The van der Waals surface area contributed by atoms with Crippen molar-refractivity contribution in [1.82, 2.24) is 19.2 Å². The maximum Gasteiger partial charge on any atom is 0.338 e. The lowest BCUT2D eigenvalue weighted by Gasteiger charge is -2.65. The first kappa shape index (κ1) is 27.2. The summed E-state index contributed by atoms with van der Waals surface area (Å²) in [7, 11) is -2.08. The fourth-order valence-corrected chi connectivity index (χ4v) is 9.46. The highest BCUT2D eigenvalue weighted by atomic mass is 28.3. The van der Waals surface area contributed by atoms with E-state index in [4.69, 9.17) is 4.98 Å². The van der Waals surface area contributed by atoms with Crippen molar-refractivity contribution in [3.63, 3.8) is 0 Å². The first-order valence-electron chi connectivity index (χ1n) is 13.8. The van der Waals surface area contributed by atoms with Crippen molar-refractivity contribution < 1.29 is 0 Å². The average Bonchev–Trinajstić information content (AvgIpc) is 3.11. The van der Waals surface area contributed by atoms with Crippen LogP contribution in [0.2, 0.25) is 13.1 Å². The van der Waals surface area contributed by atoms with Gasteiger partial charge in [0, 0.05) is 5.54 Å². The highest BCUT2D eigenvalue weighted by molar-refractivity contribution is 6.99. The van der Waals surface area contributed by atoms with Gasteiger partial charge in [-0.2, -0.15) is 0 Å². The van der Waals surface area contributed by atoms with Gasteiger partial charge in [0.05, 0.1) is 22.4 Å². The Kier molecular flexibility index (Phi) is 7.13. The van der Waals surface area contributed by atoms with Crippen LogP contribution in [-0.4, -0.2) is 57.9 Å². The van der Waals surface area contributed by atoms with E-state index in [-0.39, 0.29) is 5.54 Å². The van der Waals surface area contributed by atoms with E-state index in [9.17, 15) is 0 Å². The zero-order valence-corrected chi connectivity index (χ0v) is 25.7.